The maximum Gasteiger partial charge on any atom is 0.219 e. The first-order valence-corrected chi connectivity index (χ1v) is 5.48. The Morgan fingerprint density at radius 3 is 2.88 bits per heavy atom. The summed E-state index contributed by atoms with van der Waals surface area (Å²) >= 11 is 0. The normalized spacial score (nSPS) is 17.3. The van der Waals surface area contributed by atoms with Gasteiger partial charge in [0, 0.05) is 33.1 Å². The van der Waals surface area contributed by atoms with Gasteiger partial charge in [0.2, 0.25) is 5.91 Å². The molecule has 0 atom stereocenters. The van der Waals surface area contributed by atoms with Gasteiger partial charge in [-0.15, -0.1) is 0 Å². The molecule has 1 aromatic rings. The summed E-state index contributed by atoms with van der Waals surface area (Å²) < 4.78 is 0. The molecule has 1 fully saturated rings. The number of nitrogens with zero attached hydrogens (tertiary/aromatic N) is 3. The number of amides is 1. The van der Waals surface area contributed by atoms with E-state index in [1.54, 1.807) is 13.1 Å². The molecule has 1 saturated heterocycles. The van der Waals surface area contributed by atoms with Gasteiger partial charge < -0.3 is 15.5 Å². The third kappa shape index (κ3) is 2.10. The Hall–Kier alpha value is -1.72. The SMILES string of the molecule is CC(=O)N1CCCN(c2cn[nH]c2N)CC1. The van der Waals surface area contributed by atoms with Crippen LogP contribution >= 0.6 is 0 Å². The average molecular weight is 223 g/mol. The average Bonchev–Trinajstić information content (AvgIpc) is 2.54. The summed E-state index contributed by atoms with van der Waals surface area (Å²) in [5, 5.41) is 6.64. The number of carbonyl (C=O) groups excluding carboxylic acids is 1. The molecule has 6 heteroatoms. The van der Waals surface area contributed by atoms with Crippen LogP contribution in [-0.4, -0.2) is 47.2 Å². The third-order valence-electron chi connectivity index (χ3n) is 2.93. The van der Waals surface area contributed by atoms with E-state index in [0.29, 0.717) is 5.82 Å². The Bertz CT molecular complexity index is 375. The molecule has 0 spiro atoms. The lowest BCUT2D eigenvalue weighted by atomic mass is 10.3. The summed E-state index contributed by atoms with van der Waals surface area (Å²) in [6.45, 7) is 4.91. The molecule has 1 aliphatic rings. The molecule has 0 aromatic carbocycles. The van der Waals surface area contributed by atoms with Gasteiger partial charge in [0.25, 0.3) is 0 Å². The lowest BCUT2D eigenvalue weighted by Crippen LogP contribution is -2.33. The monoisotopic (exact) mass is 223 g/mol. The fourth-order valence-corrected chi connectivity index (χ4v) is 2.02. The van der Waals surface area contributed by atoms with Crippen LogP contribution in [0.1, 0.15) is 13.3 Å². The third-order valence-corrected chi connectivity index (χ3v) is 2.93. The molecule has 2 heterocycles. The summed E-state index contributed by atoms with van der Waals surface area (Å²) in [6.07, 6.45) is 2.70. The largest absolute Gasteiger partial charge is 0.382 e. The van der Waals surface area contributed by atoms with Gasteiger partial charge in [-0.25, -0.2) is 0 Å². The van der Waals surface area contributed by atoms with Gasteiger partial charge in [0.05, 0.1) is 11.9 Å². The summed E-state index contributed by atoms with van der Waals surface area (Å²) in [7, 11) is 0. The lowest BCUT2D eigenvalue weighted by molar-refractivity contribution is -0.128. The molecular weight excluding hydrogens is 206 g/mol. The van der Waals surface area contributed by atoms with Crippen molar-refractivity contribution in [1.82, 2.24) is 15.1 Å². The topological polar surface area (TPSA) is 78.2 Å². The van der Waals surface area contributed by atoms with E-state index in [1.165, 1.54) is 0 Å². The first kappa shape index (κ1) is 10.8. The number of aromatic amines is 1. The van der Waals surface area contributed by atoms with E-state index in [2.05, 4.69) is 15.1 Å². The van der Waals surface area contributed by atoms with Crippen LogP contribution in [0.15, 0.2) is 6.20 Å². The van der Waals surface area contributed by atoms with Gasteiger partial charge in [0.15, 0.2) is 0 Å². The zero-order valence-electron chi connectivity index (χ0n) is 9.44. The second-order valence-electron chi connectivity index (χ2n) is 4.02. The molecule has 1 aromatic heterocycles. The predicted octanol–water partition coefficient (Wildman–Crippen LogP) is 0.0505. The summed E-state index contributed by atoms with van der Waals surface area (Å²) in [5.74, 6) is 0.735. The number of anilines is 2. The zero-order chi connectivity index (χ0) is 11.5. The Morgan fingerprint density at radius 2 is 2.25 bits per heavy atom. The maximum absolute atomic E-state index is 11.3. The second-order valence-corrected chi connectivity index (χ2v) is 4.02. The van der Waals surface area contributed by atoms with Crippen molar-refractivity contribution in [3.05, 3.63) is 6.20 Å². The summed E-state index contributed by atoms with van der Waals surface area (Å²) in [5.41, 5.74) is 6.71. The highest BCUT2D eigenvalue weighted by Crippen LogP contribution is 2.21. The number of H-pyrrole nitrogens is 1. The van der Waals surface area contributed by atoms with Gasteiger partial charge >= 0.3 is 0 Å². The maximum atomic E-state index is 11.3. The van der Waals surface area contributed by atoms with Crippen LogP contribution in [-0.2, 0) is 4.79 Å². The summed E-state index contributed by atoms with van der Waals surface area (Å²) in [4.78, 5) is 15.3. The highest BCUT2D eigenvalue weighted by Gasteiger charge is 2.18. The number of nitrogens with one attached hydrogen (secondary N) is 1. The molecule has 0 radical (unpaired) electrons. The van der Waals surface area contributed by atoms with Crippen molar-refractivity contribution in [3.63, 3.8) is 0 Å². The van der Waals surface area contributed by atoms with Crippen LogP contribution in [0.2, 0.25) is 0 Å². The van der Waals surface area contributed by atoms with Gasteiger partial charge in [0.1, 0.15) is 5.82 Å². The van der Waals surface area contributed by atoms with Crippen LogP contribution < -0.4 is 10.6 Å². The van der Waals surface area contributed by atoms with Crippen molar-refractivity contribution < 1.29 is 4.79 Å². The number of nitrogens with two attached hydrogens (primary N) is 1. The fourth-order valence-electron chi connectivity index (χ4n) is 2.02. The molecule has 6 nitrogen and oxygen atoms in total. The van der Waals surface area contributed by atoms with Crippen molar-refractivity contribution >= 4 is 17.4 Å². The molecule has 1 aliphatic heterocycles. The van der Waals surface area contributed by atoms with Crippen LogP contribution in [0.5, 0.6) is 0 Å². The van der Waals surface area contributed by atoms with Crippen molar-refractivity contribution in [1.29, 1.82) is 0 Å². The standard InChI is InChI=1S/C10H17N5O/c1-8(16)14-3-2-4-15(6-5-14)9-7-12-13-10(9)11/h7H,2-6H2,1H3,(H3,11,12,13). The van der Waals surface area contributed by atoms with Gasteiger partial charge in [-0.3, -0.25) is 9.89 Å². The molecule has 88 valence electrons. The minimum Gasteiger partial charge on any atom is -0.382 e. The highest BCUT2D eigenvalue weighted by molar-refractivity contribution is 5.73. The number of aromatic nitrogens is 2. The van der Waals surface area contributed by atoms with Gasteiger partial charge in [-0.05, 0) is 6.42 Å². The number of hydrogen-bond donors (Lipinski definition) is 2. The van der Waals surface area contributed by atoms with Crippen LogP contribution in [0.4, 0.5) is 11.5 Å². The molecule has 2 rings (SSSR count). The van der Waals surface area contributed by atoms with Crippen molar-refractivity contribution in [3.8, 4) is 0 Å². The quantitative estimate of drug-likeness (QED) is 0.705. The summed E-state index contributed by atoms with van der Waals surface area (Å²) in [6, 6.07) is 0. The fraction of sp³-hybridized carbons (Fsp3) is 0.600. The molecular formula is C10H17N5O. The van der Waals surface area contributed by atoms with Gasteiger partial charge in [-0.2, -0.15) is 5.10 Å². The van der Waals surface area contributed by atoms with Gasteiger partial charge in [-0.1, -0.05) is 0 Å². The van der Waals surface area contributed by atoms with Crippen molar-refractivity contribution in [2.75, 3.05) is 36.8 Å². The van der Waals surface area contributed by atoms with E-state index in [9.17, 15) is 4.79 Å². The second kappa shape index (κ2) is 4.42. The van der Waals surface area contributed by atoms with E-state index in [-0.39, 0.29) is 5.91 Å². The molecule has 3 N–H and O–H groups in total. The zero-order valence-corrected chi connectivity index (χ0v) is 9.44. The Kier molecular flexibility index (Phi) is 2.98. The Balaban J connectivity index is 2.04. The molecule has 16 heavy (non-hydrogen) atoms. The van der Waals surface area contributed by atoms with Crippen molar-refractivity contribution in [2.45, 2.75) is 13.3 Å². The molecule has 0 unspecified atom stereocenters. The van der Waals surface area contributed by atoms with E-state index < -0.39 is 0 Å². The minimum absolute atomic E-state index is 0.141. The number of carbonyl (C=O) groups is 1. The van der Waals surface area contributed by atoms with Crippen LogP contribution in [0, 0.1) is 0 Å². The lowest BCUT2D eigenvalue weighted by Gasteiger charge is -2.22. The Morgan fingerprint density at radius 1 is 1.44 bits per heavy atom. The van der Waals surface area contributed by atoms with E-state index in [1.807, 2.05) is 4.90 Å². The van der Waals surface area contributed by atoms with Crippen LogP contribution in [0.3, 0.4) is 0 Å². The first-order valence-electron chi connectivity index (χ1n) is 5.48. The first-order chi connectivity index (χ1) is 7.68. The molecule has 0 bridgehead atoms. The number of rotatable bonds is 1. The minimum atomic E-state index is 0.141. The van der Waals surface area contributed by atoms with E-state index in [4.69, 9.17) is 5.73 Å². The van der Waals surface area contributed by atoms with Crippen molar-refractivity contribution in [2.24, 2.45) is 0 Å². The van der Waals surface area contributed by atoms with E-state index >= 15 is 0 Å². The van der Waals surface area contributed by atoms with Crippen LogP contribution in [0.25, 0.3) is 0 Å². The smallest absolute Gasteiger partial charge is 0.219 e. The van der Waals surface area contributed by atoms with E-state index in [0.717, 1.165) is 38.3 Å². The molecule has 1 amide bonds. The Labute approximate surface area is 94.4 Å². The molecule has 0 saturated carbocycles. The highest BCUT2D eigenvalue weighted by atomic mass is 16.2. The predicted molar refractivity (Wildman–Crippen MR) is 62.1 cm³/mol. The molecule has 0 aliphatic carbocycles. The number of hydrogen-bond acceptors (Lipinski definition) is 4. The number of nitrogen functional groups attached to an aromatic ring is 1.